The molecule has 0 aliphatic heterocycles. The predicted molar refractivity (Wildman–Crippen MR) is 77.3 cm³/mol. The fourth-order valence-corrected chi connectivity index (χ4v) is 2.95. The molecular formula is C13H18N4O2S. The molecule has 0 saturated heterocycles. The van der Waals surface area contributed by atoms with Gasteiger partial charge in [-0.2, -0.15) is 0 Å². The van der Waals surface area contributed by atoms with E-state index >= 15 is 0 Å². The van der Waals surface area contributed by atoms with Gasteiger partial charge < -0.3 is 10.7 Å². The number of nitrogens with one attached hydrogen (secondary N) is 2. The van der Waals surface area contributed by atoms with Crippen LogP contribution in [0, 0.1) is 0 Å². The van der Waals surface area contributed by atoms with Crippen molar-refractivity contribution in [2.45, 2.75) is 18.7 Å². The lowest BCUT2D eigenvalue weighted by atomic mass is 10.1. The van der Waals surface area contributed by atoms with Gasteiger partial charge in [0, 0.05) is 31.4 Å². The maximum Gasteiger partial charge on any atom is 0.215 e. The molecule has 0 saturated carbocycles. The van der Waals surface area contributed by atoms with Crippen molar-refractivity contribution < 1.29 is 8.42 Å². The third-order valence-electron chi connectivity index (χ3n) is 2.89. The molecule has 2 rings (SSSR count). The van der Waals surface area contributed by atoms with Crippen LogP contribution in [-0.2, 0) is 28.7 Å². The highest BCUT2D eigenvalue weighted by molar-refractivity contribution is 7.88. The van der Waals surface area contributed by atoms with Gasteiger partial charge >= 0.3 is 0 Å². The summed E-state index contributed by atoms with van der Waals surface area (Å²) < 4.78 is 26.4. The van der Waals surface area contributed by atoms with Crippen molar-refractivity contribution in [2.24, 2.45) is 5.73 Å². The molecule has 0 fully saturated rings. The molecule has 0 amide bonds. The predicted octanol–water partition coefficient (Wildman–Crippen LogP) is 0.531. The Hall–Kier alpha value is -1.70. The molecule has 0 atom stereocenters. The maximum atomic E-state index is 11.9. The third-order valence-corrected chi connectivity index (χ3v) is 4.24. The van der Waals surface area contributed by atoms with E-state index in [1.807, 2.05) is 12.1 Å². The Labute approximate surface area is 118 Å². The molecule has 6 nitrogen and oxygen atoms in total. The van der Waals surface area contributed by atoms with Crippen LogP contribution >= 0.6 is 0 Å². The highest BCUT2D eigenvalue weighted by Gasteiger charge is 2.11. The fourth-order valence-electron chi connectivity index (χ4n) is 1.80. The zero-order chi connectivity index (χ0) is 14.4. The molecular weight excluding hydrogens is 276 g/mol. The SMILES string of the molecule is NCc1ccc(CS(=O)(=O)NCCc2cnc[nH]2)cc1. The van der Waals surface area contributed by atoms with Crippen molar-refractivity contribution in [2.75, 3.05) is 6.54 Å². The van der Waals surface area contributed by atoms with Crippen molar-refractivity contribution in [3.63, 3.8) is 0 Å². The van der Waals surface area contributed by atoms with E-state index in [9.17, 15) is 8.42 Å². The van der Waals surface area contributed by atoms with Crippen molar-refractivity contribution in [1.29, 1.82) is 0 Å². The summed E-state index contributed by atoms with van der Waals surface area (Å²) in [5, 5.41) is 0. The number of hydrogen-bond donors (Lipinski definition) is 3. The second-order valence-corrected chi connectivity index (χ2v) is 6.31. The molecule has 0 spiro atoms. The normalized spacial score (nSPS) is 11.7. The quantitative estimate of drug-likeness (QED) is 0.693. The highest BCUT2D eigenvalue weighted by atomic mass is 32.2. The average Bonchev–Trinajstić information content (AvgIpc) is 2.92. The number of aromatic amines is 1. The molecule has 2 aromatic rings. The topological polar surface area (TPSA) is 101 Å². The summed E-state index contributed by atoms with van der Waals surface area (Å²) in [6.07, 6.45) is 3.84. The zero-order valence-corrected chi connectivity index (χ0v) is 11.9. The summed E-state index contributed by atoms with van der Waals surface area (Å²) in [5.74, 6) is -0.0270. The number of nitrogens with two attached hydrogens (primary N) is 1. The monoisotopic (exact) mass is 294 g/mol. The van der Waals surface area contributed by atoms with Crippen molar-refractivity contribution >= 4 is 10.0 Å². The minimum absolute atomic E-state index is 0.0270. The molecule has 0 aliphatic carbocycles. The number of imidazole rings is 1. The second kappa shape index (κ2) is 6.65. The molecule has 0 radical (unpaired) electrons. The van der Waals surface area contributed by atoms with E-state index < -0.39 is 10.0 Å². The van der Waals surface area contributed by atoms with Crippen molar-refractivity contribution in [3.8, 4) is 0 Å². The summed E-state index contributed by atoms with van der Waals surface area (Å²) >= 11 is 0. The van der Waals surface area contributed by atoms with Gasteiger partial charge in [0.1, 0.15) is 0 Å². The van der Waals surface area contributed by atoms with Gasteiger partial charge in [-0.25, -0.2) is 18.1 Å². The summed E-state index contributed by atoms with van der Waals surface area (Å²) in [4.78, 5) is 6.81. The highest BCUT2D eigenvalue weighted by Crippen LogP contribution is 2.07. The Morgan fingerprint density at radius 2 is 1.90 bits per heavy atom. The van der Waals surface area contributed by atoms with Crippen molar-refractivity contribution in [3.05, 3.63) is 53.6 Å². The van der Waals surface area contributed by atoms with Gasteiger partial charge in [-0.3, -0.25) is 0 Å². The maximum absolute atomic E-state index is 11.9. The first-order valence-electron chi connectivity index (χ1n) is 6.31. The van der Waals surface area contributed by atoms with Crippen LogP contribution in [0.4, 0.5) is 0 Å². The summed E-state index contributed by atoms with van der Waals surface area (Å²) in [7, 11) is -3.32. The Balaban J connectivity index is 1.86. The van der Waals surface area contributed by atoms with Crippen LogP contribution in [-0.4, -0.2) is 24.9 Å². The van der Waals surface area contributed by atoms with Gasteiger partial charge in [-0.15, -0.1) is 0 Å². The Bertz CT molecular complexity index is 621. The molecule has 1 aromatic carbocycles. The van der Waals surface area contributed by atoms with Crippen LogP contribution in [0.3, 0.4) is 0 Å². The number of aromatic nitrogens is 2. The molecule has 0 bridgehead atoms. The van der Waals surface area contributed by atoms with Crippen molar-refractivity contribution in [1.82, 2.24) is 14.7 Å². The number of sulfonamides is 1. The van der Waals surface area contributed by atoms with Gasteiger partial charge in [0.05, 0.1) is 12.1 Å². The van der Waals surface area contributed by atoms with Crippen LogP contribution in [0.1, 0.15) is 16.8 Å². The molecule has 1 heterocycles. The average molecular weight is 294 g/mol. The molecule has 7 heteroatoms. The molecule has 20 heavy (non-hydrogen) atoms. The van der Waals surface area contributed by atoms with Gasteiger partial charge in [0.15, 0.2) is 0 Å². The lowest BCUT2D eigenvalue weighted by molar-refractivity contribution is 0.580. The van der Waals surface area contributed by atoms with Crippen LogP contribution < -0.4 is 10.5 Å². The second-order valence-electron chi connectivity index (χ2n) is 4.50. The van der Waals surface area contributed by atoms with E-state index in [1.165, 1.54) is 0 Å². The minimum Gasteiger partial charge on any atom is -0.348 e. The summed E-state index contributed by atoms with van der Waals surface area (Å²) in [6, 6.07) is 7.26. The lowest BCUT2D eigenvalue weighted by Crippen LogP contribution is -2.27. The van der Waals surface area contributed by atoms with Crippen LogP contribution in [0.15, 0.2) is 36.8 Å². The smallest absolute Gasteiger partial charge is 0.215 e. The van der Waals surface area contributed by atoms with E-state index in [4.69, 9.17) is 5.73 Å². The van der Waals surface area contributed by atoms with Gasteiger partial charge in [0.2, 0.25) is 10.0 Å². The number of H-pyrrole nitrogens is 1. The fraction of sp³-hybridized carbons (Fsp3) is 0.308. The Morgan fingerprint density at radius 1 is 1.20 bits per heavy atom. The Kier molecular flexibility index (Phi) is 4.89. The Morgan fingerprint density at radius 3 is 2.50 bits per heavy atom. The van der Waals surface area contributed by atoms with Gasteiger partial charge in [0.25, 0.3) is 0 Å². The molecule has 0 aliphatic rings. The van der Waals surface area contributed by atoms with E-state index in [-0.39, 0.29) is 5.75 Å². The first-order valence-corrected chi connectivity index (χ1v) is 7.97. The largest absolute Gasteiger partial charge is 0.348 e. The van der Waals surface area contributed by atoms with Crippen LogP contribution in [0.5, 0.6) is 0 Å². The molecule has 108 valence electrons. The van der Waals surface area contributed by atoms with E-state index in [0.29, 0.717) is 19.5 Å². The van der Waals surface area contributed by atoms with E-state index in [1.54, 1.807) is 24.7 Å². The standard InChI is InChI=1S/C13H18N4O2S/c14-7-11-1-3-12(4-2-11)9-20(18,19)17-6-5-13-8-15-10-16-13/h1-4,8,10,17H,5-7,9,14H2,(H,15,16). The molecule has 4 N–H and O–H groups in total. The summed E-state index contributed by atoms with van der Waals surface area (Å²) in [6.45, 7) is 0.806. The first-order chi connectivity index (χ1) is 9.59. The van der Waals surface area contributed by atoms with Crippen LogP contribution in [0.25, 0.3) is 0 Å². The number of benzene rings is 1. The van der Waals surface area contributed by atoms with Crippen LogP contribution in [0.2, 0.25) is 0 Å². The molecule has 1 aromatic heterocycles. The van der Waals surface area contributed by atoms with E-state index in [0.717, 1.165) is 16.8 Å². The zero-order valence-electron chi connectivity index (χ0n) is 11.0. The summed E-state index contributed by atoms with van der Waals surface area (Å²) in [5.41, 5.74) is 8.13. The molecule has 0 unspecified atom stereocenters. The van der Waals surface area contributed by atoms with E-state index in [2.05, 4.69) is 14.7 Å². The van der Waals surface area contributed by atoms with Gasteiger partial charge in [-0.05, 0) is 11.1 Å². The lowest BCUT2D eigenvalue weighted by Gasteiger charge is -2.07. The minimum atomic E-state index is -3.32. The third kappa shape index (κ3) is 4.44. The van der Waals surface area contributed by atoms with Gasteiger partial charge in [-0.1, -0.05) is 24.3 Å². The number of nitrogens with zero attached hydrogens (tertiary/aromatic N) is 1. The first kappa shape index (κ1) is 14.7. The number of hydrogen-bond acceptors (Lipinski definition) is 4. The number of rotatable bonds is 7.